The summed E-state index contributed by atoms with van der Waals surface area (Å²) in [5, 5.41) is 0. The fourth-order valence-corrected chi connectivity index (χ4v) is 12.1. The van der Waals surface area contributed by atoms with Crippen LogP contribution < -0.4 is 0 Å². The molecule has 3 fully saturated rings. The molecule has 0 aromatic rings. The van der Waals surface area contributed by atoms with Gasteiger partial charge in [0.05, 0.1) is 6.61 Å². The first-order chi connectivity index (χ1) is 26.2. The molecule has 0 spiro atoms. The van der Waals surface area contributed by atoms with Gasteiger partial charge in [-0.2, -0.15) is 0 Å². The van der Waals surface area contributed by atoms with Crippen molar-refractivity contribution < 1.29 is 19.1 Å². The number of carbonyl (C=O) groups excluding carboxylic acids is 2. The van der Waals surface area contributed by atoms with E-state index in [0.717, 1.165) is 68.6 Å². The zero-order valence-electron chi connectivity index (χ0n) is 35.0. The molecule has 0 bridgehead atoms. The van der Waals surface area contributed by atoms with Crippen molar-refractivity contribution in [3.63, 3.8) is 0 Å². The third-order valence-corrected chi connectivity index (χ3v) is 15.1. The molecule has 310 valence electrons. The number of carbonyl (C=O) groups is 2. The molecule has 4 rings (SSSR count). The highest BCUT2D eigenvalue weighted by Crippen LogP contribution is 2.67. The van der Waals surface area contributed by atoms with Crippen molar-refractivity contribution in [3.05, 3.63) is 23.8 Å². The number of allylic oxidation sites excluding steroid dienone is 3. The molecule has 0 aromatic carbocycles. The maximum absolute atomic E-state index is 12.9. The molecule has 54 heavy (non-hydrogen) atoms. The lowest BCUT2D eigenvalue weighted by molar-refractivity contribution is -0.151. The van der Waals surface area contributed by atoms with Gasteiger partial charge in [-0.25, -0.2) is 4.79 Å². The molecular formula is C47H79Cl2NO4. The maximum Gasteiger partial charge on any atom is 0.409 e. The largest absolute Gasteiger partial charge is 0.462 e. The van der Waals surface area contributed by atoms with E-state index in [-0.39, 0.29) is 23.6 Å². The molecule has 0 unspecified atom stereocenters. The van der Waals surface area contributed by atoms with E-state index in [9.17, 15) is 9.59 Å². The molecule has 0 N–H and O–H groups in total. The number of esters is 1. The highest BCUT2D eigenvalue weighted by atomic mass is 35.5. The van der Waals surface area contributed by atoms with Crippen molar-refractivity contribution >= 4 is 35.3 Å². The Hall–Kier alpha value is -1.20. The molecule has 0 aromatic heterocycles. The van der Waals surface area contributed by atoms with Crippen LogP contribution in [-0.4, -0.2) is 54.5 Å². The molecule has 4 aliphatic rings. The van der Waals surface area contributed by atoms with Gasteiger partial charge in [-0.3, -0.25) is 4.79 Å². The van der Waals surface area contributed by atoms with E-state index >= 15 is 0 Å². The first-order valence-electron chi connectivity index (χ1n) is 22.8. The third-order valence-electron chi connectivity index (χ3n) is 14.8. The Labute approximate surface area is 341 Å². The van der Waals surface area contributed by atoms with Crippen LogP contribution in [0.3, 0.4) is 0 Å². The van der Waals surface area contributed by atoms with Crippen LogP contribution in [0.4, 0.5) is 4.79 Å². The van der Waals surface area contributed by atoms with Crippen LogP contribution in [0, 0.1) is 40.4 Å². The van der Waals surface area contributed by atoms with E-state index in [0.29, 0.717) is 49.2 Å². The summed E-state index contributed by atoms with van der Waals surface area (Å²) in [5.41, 5.74) is 2.24. The second kappa shape index (κ2) is 23.9. The standard InChI is InChI=1S/C47H79Cl2NO4/c1-5-6-7-8-9-10-11-12-13-14-15-16-17-18-19-22-44(51)54-39-27-29-46(3)38(36-39)23-24-40-42-26-25-41(47(42,4)30-28-43(40)46)37(2)21-20-35-53-45(52)50(33-31-48)34-32-49/h12-13,23,37,39-43H,5-11,14-22,24-36H2,1-4H3/b13-12-/t37-,39+,40+,41-,42+,43+,46+,47-/m1/s1. The number of halogens is 2. The quantitative estimate of drug-likeness (QED) is 0.0400. The normalized spacial score (nSPS) is 29.6. The molecule has 4 aliphatic carbocycles. The molecule has 0 saturated heterocycles. The van der Waals surface area contributed by atoms with E-state index in [1.54, 1.807) is 10.5 Å². The van der Waals surface area contributed by atoms with Gasteiger partial charge in [0.1, 0.15) is 6.10 Å². The summed E-state index contributed by atoms with van der Waals surface area (Å²) >= 11 is 11.7. The lowest BCUT2D eigenvalue weighted by Gasteiger charge is -2.58. The second-order valence-corrected chi connectivity index (χ2v) is 19.0. The first-order valence-corrected chi connectivity index (χ1v) is 23.8. The summed E-state index contributed by atoms with van der Waals surface area (Å²) in [5.74, 6) is 4.46. The molecule has 0 radical (unpaired) electrons. The smallest absolute Gasteiger partial charge is 0.409 e. The Bertz CT molecular complexity index is 1170. The molecule has 7 heteroatoms. The van der Waals surface area contributed by atoms with Gasteiger partial charge in [-0.15, -0.1) is 23.2 Å². The number of alkyl halides is 2. The SMILES string of the molecule is CCCCCCCC/C=C\CCCCCCCC(=O)O[C@H]1CC[C@@]2(C)C(=CC[C@H]3[C@@H]4CC[C@H]([C@H](C)CCCOC(=O)N(CCCl)CCCl)[C@@]4(C)CC[C@@H]32)C1. The second-order valence-electron chi connectivity index (χ2n) is 18.3. The minimum absolute atomic E-state index is 0.0212. The molecule has 3 saturated carbocycles. The average Bonchev–Trinajstić information content (AvgIpc) is 3.52. The number of nitrogens with zero attached hydrogens (tertiary/aromatic N) is 1. The van der Waals surface area contributed by atoms with E-state index in [1.807, 2.05) is 0 Å². The molecule has 1 amide bonds. The van der Waals surface area contributed by atoms with Gasteiger partial charge < -0.3 is 14.4 Å². The summed E-state index contributed by atoms with van der Waals surface area (Å²) in [6, 6.07) is 0. The number of ether oxygens (including phenoxy) is 2. The summed E-state index contributed by atoms with van der Waals surface area (Å²) in [7, 11) is 0. The van der Waals surface area contributed by atoms with Crippen LogP contribution in [0.2, 0.25) is 0 Å². The molecular weight excluding hydrogens is 713 g/mol. The van der Waals surface area contributed by atoms with Gasteiger partial charge in [0.2, 0.25) is 0 Å². The molecule has 0 aliphatic heterocycles. The minimum atomic E-state index is -0.297. The van der Waals surface area contributed by atoms with Crippen molar-refractivity contribution in [1.29, 1.82) is 0 Å². The highest BCUT2D eigenvalue weighted by molar-refractivity contribution is 6.18. The van der Waals surface area contributed by atoms with Crippen molar-refractivity contribution in [3.8, 4) is 0 Å². The van der Waals surface area contributed by atoms with Crippen molar-refractivity contribution in [1.82, 2.24) is 4.90 Å². The summed E-state index contributed by atoms with van der Waals surface area (Å²) in [6.07, 6.45) is 35.8. The summed E-state index contributed by atoms with van der Waals surface area (Å²) < 4.78 is 11.7. The fourth-order valence-electron chi connectivity index (χ4n) is 11.6. The zero-order chi connectivity index (χ0) is 38.8. The van der Waals surface area contributed by atoms with Crippen LogP contribution in [0.15, 0.2) is 23.8 Å². The van der Waals surface area contributed by atoms with E-state index in [4.69, 9.17) is 32.7 Å². The Balaban J connectivity index is 1.13. The van der Waals surface area contributed by atoms with Gasteiger partial charge in [0.15, 0.2) is 0 Å². The van der Waals surface area contributed by atoms with E-state index in [2.05, 4.69) is 45.9 Å². The Morgan fingerprint density at radius 2 is 1.52 bits per heavy atom. The molecule has 5 nitrogen and oxygen atoms in total. The van der Waals surface area contributed by atoms with Crippen LogP contribution in [0.1, 0.15) is 182 Å². The van der Waals surface area contributed by atoms with Crippen molar-refractivity contribution in [2.45, 2.75) is 188 Å². The van der Waals surface area contributed by atoms with Gasteiger partial charge >= 0.3 is 12.1 Å². The number of hydrogen-bond donors (Lipinski definition) is 0. The van der Waals surface area contributed by atoms with Gasteiger partial charge in [0.25, 0.3) is 0 Å². The van der Waals surface area contributed by atoms with Crippen LogP contribution in [-0.2, 0) is 14.3 Å². The predicted molar refractivity (Wildman–Crippen MR) is 227 cm³/mol. The van der Waals surface area contributed by atoms with Crippen molar-refractivity contribution in [2.75, 3.05) is 31.5 Å². The number of fused-ring (bicyclic) bond motifs is 5. The number of hydrogen-bond acceptors (Lipinski definition) is 4. The molecule has 0 heterocycles. The predicted octanol–water partition coefficient (Wildman–Crippen LogP) is 13.8. The minimum Gasteiger partial charge on any atom is -0.462 e. The highest BCUT2D eigenvalue weighted by Gasteiger charge is 2.59. The van der Waals surface area contributed by atoms with Crippen LogP contribution in [0.5, 0.6) is 0 Å². The lowest BCUT2D eigenvalue weighted by atomic mass is 9.47. The summed E-state index contributed by atoms with van der Waals surface area (Å²) in [6.45, 7) is 11.3. The average molecular weight is 793 g/mol. The first kappa shape index (κ1) is 45.5. The number of unbranched alkanes of at least 4 members (excludes halogenated alkanes) is 11. The monoisotopic (exact) mass is 792 g/mol. The van der Waals surface area contributed by atoms with Gasteiger partial charge in [0, 0.05) is 37.7 Å². The van der Waals surface area contributed by atoms with E-state index < -0.39 is 0 Å². The Kier molecular flexibility index (Phi) is 20.1. The maximum atomic E-state index is 12.9. The van der Waals surface area contributed by atoms with Gasteiger partial charge in [-0.05, 0) is 130 Å². The summed E-state index contributed by atoms with van der Waals surface area (Å²) in [4.78, 5) is 26.9. The van der Waals surface area contributed by atoms with Crippen LogP contribution >= 0.6 is 23.2 Å². The zero-order valence-corrected chi connectivity index (χ0v) is 36.6. The molecule has 8 atom stereocenters. The fraction of sp³-hybridized carbons (Fsp3) is 0.872. The van der Waals surface area contributed by atoms with Crippen molar-refractivity contribution in [2.24, 2.45) is 40.4 Å². The number of rotatable bonds is 25. The Morgan fingerprint density at radius 1 is 0.852 bits per heavy atom. The van der Waals surface area contributed by atoms with E-state index in [1.165, 1.54) is 103 Å². The Morgan fingerprint density at radius 3 is 2.20 bits per heavy atom. The third kappa shape index (κ3) is 12.9. The lowest BCUT2D eigenvalue weighted by Crippen LogP contribution is -2.51. The number of amides is 1. The van der Waals surface area contributed by atoms with Crippen LogP contribution in [0.25, 0.3) is 0 Å². The van der Waals surface area contributed by atoms with Gasteiger partial charge in [-0.1, -0.05) is 103 Å². The topological polar surface area (TPSA) is 55.8 Å².